The molecule has 3 nitrogen and oxygen atoms in total. The van der Waals surface area contributed by atoms with E-state index in [4.69, 9.17) is 11.6 Å². The number of fused-ring (bicyclic) bond motifs is 1. The highest BCUT2D eigenvalue weighted by molar-refractivity contribution is 6.30. The Balaban J connectivity index is 2.40. The van der Waals surface area contributed by atoms with Crippen molar-refractivity contribution in [3.8, 4) is 23.1 Å². The van der Waals surface area contributed by atoms with E-state index in [1.165, 1.54) is 0 Å². The van der Waals surface area contributed by atoms with E-state index in [-0.39, 0.29) is 5.75 Å². The summed E-state index contributed by atoms with van der Waals surface area (Å²) in [5.74, 6) is 0.196. The van der Waals surface area contributed by atoms with Crippen molar-refractivity contribution in [3.05, 3.63) is 53.1 Å². The molecule has 4 heteroatoms. The number of aromatic nitrogens is 1. The number of halogens is 1. The van der Waals surface area contributed by atoms with Gasteiger partial charge in [-0.1, -0.05) is 23.7 Å². The summed E-state index contributed by atoms with van der Waals surface area (Å²) in [4.78, 5) is 0. The van der Waals surface area contributed by atoms with Gasteiger partial charge in [-0.2, -0.15) is 5.26 Å². The average molecular weight is 297 g/mol. The molecular formula is C17H13ClN2O. The summed E-state index contributed by atoms with van der Waals surface area (Å²) in [6.07, 6.45) is 0. The van der Waals surface area contributed by atoms with Crippen LogP contribution in [-0.4, -0.2) is 9.67 Å². The van der Waals surface area contributed by atoms with Crippen LogP contribution in [0.5, 0.6) is 5.75 Å². The zero-order chi connectivity index (χ0) is 15.0. The molecule has 3 aromatic rings. The van der Waals surface area contributed by atoms with Crippen LogP contribution in [0, 0.1) is 11.3 Å². The molecule has 0 saturated heterocycles. The number of nitriles is 1. The third-order valence-electron chi connectivity index (χ3n) is 3.59. The zero-order valence-electron chi connectivity index (χ0n) is 11.5. The second-order valence-electron chi connectivity index (χ2n) is 4.79. The molecule has 1 heterocycles. The highest BCUT2D eigenvalue weighted by atomic mass is 35.5. The molecule has 0 saturated carbocycles. The van der Waals surface area contributed by atoms with E-state index in [2.05, 4.69) is 6.07 Å². The van der Waals surface area contributed by atoms with Crippen LogP contribution in [-0.2, 0) is 6.54 Å². The Bertz CT molecular complexity index is 857. The van der Waals surface area contributed by atoms with E-state index >= 15 is 0 Å². The molecule has 0 spiro atoms. The quantitative estimate of drug-likeness (QED) is 0.753. The standard InChI is InChI=1S/C17H13ClN2O/c1-2-20-16-9-13(21)7-8-14(16)15(10-19)17(20)11-3-5-12(18)6-4-11/h3-9,21H,2H2,1H3. The molecule has 104 valence electrons. The van der Waals surface area contributed by atoms with Crippen LogP contribution in [0.15, 0.2) is 42.5 Å². The topological polar surface area (TPSA) is 49.0 Å². The second-order valence-corrected chi connectivity index (χ2v) is 5.22. The molecule has 21 heavy (non-hydrogen) atoms. The molecule has 0 bridgehead atoms. The van der Waals surface area contributed by atoms with Gasteiger partial charge in [0, 0.05) is 23.0 Å². The van der Waals surface area contributed by atoms with Crippen molar-refractivity contribution in [3.63, 3.8) is 0 Å². The van der Waals surface area contributed by atoms with Gasteiger partial charge in [0.15, 0.2) is 0 Å². The van der Waals surface area contributed by atoms with Gasteiger partial charge in [-0.05, 0) is 36.8 Å². The van der Waals surface area contributed by atoms with Gasteiger partial charge in [0.1, 0.15) is 11.8 Å². The molecule has 0 fully saturated rings. The number of phenolic OH excluding ortho intramolecular Hbond substituents is 1. The van der Waals surface area contributed by atoms with Crippen LogP contribution in [0.25, 0.3) is 22.2 Å². The first kappa shape index (κ1) is 13.5. The van der Waals surface area contributed by atoms with Crippen molar-refractivity contribution in [1.82, 2.24) is 4.57 Å². The lowest BCUT2D eigenvalue weighted by atomic mass is 10.1. The summed E-state index contributed by atoms with van der Waals surface area (Å²) in [7, 11) is 0. The molecule has 1 aromatic heterocycles. The van der Waals surface area contributed by atoms with Gasteiger partial charge in [-0.3, -0.25) is 0 Å². The van der Waals surface area contributed by atoms with E-state index in [0.29, 0.717) is 17.1 Å². The smallest absolute Gasteiger partial charge is 0.117 e. The lowest BCUT2D eigenvalue weighted by Crippen LogP contribution is -1.97. The van der Waals surface area contributed by atoms with Gasteiger partial charge in [0.05, 0.1) is 16.8 Å². The van der Waals surface area contributed by atoms with Crippen LogP contribution in [0.2, 0.25) is 5.02 Å². The van der Waals surface area contributed by atoms with E-state index in [0.717, 1.165) is 22.2 Å². The second kappa shape index (κ2) is 5.16. The van der Waals surface area contributed by atoms with Crippen LogP contribution in [0.3, 0.4) is 0 Å². The lowest BCUT2D eigenvalue weighted by Gasteiger charge is -2.08. The fourth-order valence-corrected chi connectivity index (χ4v) is 2.81. The first-order valence-electron chi connectivity index (χ1n) is 6.67. The number of aryl methyl sites for hydroxylation is 1. The Hall–Kier alpha value is -2.44. The summed E-state index contributed by atoms with van der Waals surface area (Å²) in [6, 6.07) is 14.8. The van der Waals surface area contributed by atoms with Gasteiger partial charge >= 0.3 is 0 Å². The molecule has 2 aromatic carbocycles. The highest BCUT2D eigenvalue weighted by Gasteiger charge is 2.18. The fraction of sp³-hybridized carbons (Fsp3) is 0.118. The van der Waals surface area contributed by atoms with E-state index in [1.54, 1.807) is 18.2 Å². The molecule has 0 aliphatic carbocycles. The minimum Gasteiger partial charge on any atom is -0.508 e. The predicted molar refractivity (Wildman–Crippen MR) is 84.4 cm³/mol. The fourth-order valence-electron chi connectivity index (χ4n) is 2.69. The van der Waals surface area contributed by atoms with Crippen molar-refractivity contribution in [2.24, 2.45) is 0 Å². The first-order valence-corrected chi connectivity index (χ1v) is 7.04. The molecule has 0 radical (unpaired) electrons. The molecule has 1 N–H and O–H groups in total. The molecule has 0 unspecified atom stereocenters. The minimum atomic E-state index is 0.196. The van der Waals surface area contributed by atoms with Crippen molar-refractivity contribution >= 4 is 22.5 Å². The summed E-state index contributed by atoms with van der Waals surface area (Å²) < 4.78 is 2.04. The van der Waals surface area contributed by atoms with Crippen LogP contribution in [0.4, 0.5) is 0 Å². The lowest BCUT2D eigenvalue weighted by molar-refractivity contribution is 0.476. The maximum absolute atomic E-state index is 9.72. The van der Waals surface area contributed by atoms with Crippen molar-refractivity contribution < 1.29 is 5.11 Å². The number of rotatable bonds is 2. The van der Waals surface area contributed by atoms with E-state index in [1.807, 2.05) is 35.8 Å². The zero-order valence-corrected chi connectivity index (χ0v) is 12.2. The van der Waals surface area contributed by atoms with Gasteiger partial charge in [-0.15, -0.1) is 0 Å². The number of aromatic hydroxyl groups is 1. The first-order chi connectivity index (χ1) is 10.2. The Labute approximate surface area is 127 Å². The van der Waals surface area contributed by atoms with Crippen molar-refractivity contribution in [2.45, 2.75) is 13.5 Å². The van der Waals surface area contributed by atoms with E-state index < -0.39 is 0 Å². The molecule has 0 aliphatic heterocycles. The summed E-state index contributed by atoms with van der Waals surface area (Å²) in [5.41, 5.74) is 3.28. The number of hydrogen-bond donors (Lipinski definition) is 1. The maximum atomic E-state index is 9.72. The van der Waals surface area contributed by atoms with Gasteiger partial charge in [0.2, 0.25) is 0 Å². The molecule has 0 atom stereocenters. The van der Waals surface area contributed by atoms with Gasteiger partial charge in [-0.25, -0.2) is 0 Å². The maximum Gasteiger partial charge on any atom is 0.117 e. The summed E-state index contributed by atoms with van der Waals surface area (Å²) in [5, 5.41) is 20.8. The number of benzene rings is 2. The molecule has 0 amide bonds. The minimum absolute atomic E-state index is 0.196. The number of nitrogens with zero attached hydrogens (tertiary/aromatic N) is 2. The van der Waals surface area contributed by atoms with Crippen LogP contribution in [0.1, 0.15) is 12.5 Å². The van der Waals surface area contributed by atoms with Crippen LogP contribution < -0.4 is 0 Å². The Morgan fingerprint density at radius 2 is 1.90 bits per heavy atom. The Morgan fingerprint density at radius 3 is 2.52 bits per heavy atom. The molecule has 3 rings (SSSR count). The monoisotopic (exact) mass is 296 g/mol. The summed E-state index contributed by atoms with van der Waals surface area (Å²) in [6.45, 7) is 2.73. The van der Waals surface area contributed by atoms with E-state index in [9.17, 15) is 10.4 Å². The van der Waals surface area contributed by atoms with Crippen molar-refractivity contribution in [1.29, 1.82) is 5.26 Å². The van der Waals surface area contributed by atoms with Crippen molar-refractivity contribution in [2.75, 3.05) is 0 Å². The largest absolute Gasteiger partial charge is 0.508 e. The highest BCUT2D eigenvalue weighted by Crippen LogP contribution is 2.35. The van der Waals surface area contributed by atoms with Gasteiger partial charge < -0.3 is 9.67 Å². The third kappa shape index (κ3) is 2.14. The molecular weight excluding hydrogens is 284 g/mol. The SMILES string of the molecule is CCn1c(-c2ccc(Cl)cc2)c(C#N)c2ccc(O)cc21. The van der Waals surface area contributed by atoms with Crippen LogP contribution >= 0.6 is 11.6 Å². The van der Waals surface area contributed by atoms with Gasteiger partial charge in [0.25, 0.3) is 0 Å². The average Bonchev–Trinajstić information content (AvgIpc) is 2.80. The predicted octanol–water partition coefficient (Wildman–Crippen LogP) is 4.56. The summed E-state index contributed by atoms with van der Waals surface area (Å²) >= 11 is 5.94. The number of phenols is 1. The Kier molecular flexibility index (Phi) is 3.32. The Morgan fingerprint density at radius 1 is 1.19 bits per heavy atom. The molecule has 0 aliphatic rings. The third-order valence-corrected chi connectivity index (χ3v) is 3.85. The normalized spacial score (nSPS) is 10.7. The number of hydrogen-bond acceptors (Lipinski definition) is 2.